The summed E-state index contributed by atoms with van der Waals surface area (Å²) < 4.78 is 10.7. The molecule has 0 unspecified atom stereocenters. The third kappa shape index (κ3) is 5.34. The standard InChI is InChI=1S/C19H31N3O3/c1-14(13-22-8-6-21(3)7-9-22)12-20-19(23)16-10-17(24-4)15(2)18(11-16)25-5/h10-11,14H,6-9,12-13H2,1-5H3,(H,20,23)/t14-/m0/s1. The van der Waals surface area contributed by atoms with Gasteiger partial charge in [0.15, 0.2) is 0 Å². The van der Waals surface area contributed by atoms with Crippen LogP contribution in [-0.4, -0.2) is 76.2 Å². The Balaban J connectivity index is 1.89. The van der Waals surface area contributed by atoms with Gasteiger partial charge in [0.2, 0.25) is 0 Å². The molecule has 0 bridgehead atoms. The molecule has 0 aliphatic carbocycles. The first-order valence-corrected chi connectivity index (χ1v) is 8.86. The van der Waals surface area contributed by atoms with Crippen LogP contribution < -0.4 is 14.8 Å². The normalized spacial score (nSPS) is 17.2. The largest absolute Gasteiger partial charge is 0.496 e. The van der Waals surface area contributed by atoms with Gasteiger partial charge in [0.1, 0.15) is 11.5 Å². The van der Waals surface area contributed by atoms with Gasteiger partial charge in [0.05, 0.1) is 14.2 Å². The second-order valence-corrected chi connectivity index (χ2v) is 6.92. The van der Waals surface area contributed by atoms with Crippen LogP contribution in [0.4, 0.5) is 0 Å². The van der Waals surface area contributed by atoms with Crippen LogP contribution in [0.25, 0.3) is 0 Å². The molecule has 1 saturated heterocycles. The Morgan fingerprint density at radius 3 is 2.24 bits per heavy atom. The number of ether oxygens (including phenoxy) is 2. The first-order valence-electron chi connectivity index (χ1n) is 8.86. The summed E-state index contributed by atoms with van der Waals surface area (Å²) >= 11 is 0. The molecule has 25 heavy (non-hydrogen) atoms. The molecular weight excluding hydrogens is 318 g/mol. The number of nitrogens with zero attached hydrogens (tertiary/aromatic N) is 2. The molecule has 1 amide bonds. The lowest BCUT2D eigenvalue weighted by Crippen LogP contribution is -2.46. The summed E-state index contributed by atoms with van der Waals surface area (Å²) in [5.41, 5.74) is 1.45. The zero-order valence-corrected chi connectivity index (χ0v) is 16.1. The van der Waals surface area contributed by atoms with Crippen molar-refractivity contribution >= 4 is 5.91 Å². The number of piperazine rings is 1. The second kappa shape index (κ2) is 9.06. The molecule has 0 saturated carbocycles. The van der Waals surface area contributed by atoms with Gasteiger partial charge < -0.3 is 24.6 Å². The predicted molar refractivity (Wildman–Crippen MR) is 99.7 cm³/mol. The Bertz CT molecular complexity index is 558. The van der Waals surface area contributed by atoms with E-state index in [4.69, 9.17) is 9.47 Å². The molecule has 1 N–H and O–H groups in total. The average molecular weight is 349 g/mol. The van der Waals surface area contributed by atoms with Crippen LogP contribution >= 0.6 is 0 Å². The highest BCUT2D eigenvalue weighted by Gasteiger charge is 2.18. The van der Waals surface area contributed by atoms with Gasteiger partial charge in [-0.25, -0.2) is 0 Å². The minimum absolute atomic E-state index is 0.0955. The maximum absolute atomic E-state index is 12.5. The Kier molecular flexibility index (Phi) is 7.08. The topological polar surface area (TPSA) is 54.0 Å². The van der Waals surface area contributed by atoms with E-state index in [9.17, 15) is 4.79 Å². The molecule has 1 heterocycles. The van der Waals surface area contributed by atoms with Gasteiger partial charge >= 0.3 is 0 Å². The van der Waals surface area contributed by atoms with E-state index in [1.54, 1.807) is 26.4 Å². The minimum atomic E-state index is -0.0955. The van der Waals surface area contributed by atoms with E-state index in [2.05, 4.69) is 29.1 Å². The Morgan fingerprint density at radius 2 is 1.72 bits per heavy atom. The molecule has 1 aromatic carbocycles. The van der Waals surface area contributed by atoms with Gasteiger partial charge in [-0.1, -0.05) is 6.92 Å². The molecular formula is C19H31N3O3. The van der Waals surface area contributed by atoms with Crippen molar-refractivity contribution in [2.45, 2.75) is 13.8 Å². The van der Waals surface area contributed by atoms with Crippen molar-refractivity contribution in [2.75, 3.05) is 60.5 Å². The average Bonchev–Trinajstić information content (AvgIpc) is 2.61. The number of methoxy groups -OCH3 is 2. The van der Waals surface area contributed by atoms with E-state index in [0.717, 1.165) is 38.3 Å². The van der Waals surface area contributed by atoms with E-state index in [-0.39, 0.29) is 5.91 Å². The molecule has 1 fully saturated rings. The summed E-state index contributed by atoms with van der Waals surface area (Å²) in [5.74, 6) is 1.63. The predicted octanol–water partition coefficient (Wildman–Crippen LogP) is 1.63. The van der Waals surface area contributed by atoms with Gasteiger partial charge in [0.25, 0.3) is 5.91 Å². The number of hydrogen-bond donors (Lipinski definition) is 1. The Labute approximate surface area is 151 Å². The van der Waals surface area contributed by atoms with Crippen LogP contribution in [0, 0.1) is 12.8 Å². The van der Waals surface area contributed by atoms with E-state index < -0.39 is 0 Å². The summed E-state index contributed by atoms with van der Waals surface area (Å²) in [6.07, 6.45) is 0. The third-order valence-electron chi connectivity index (χ3n) is 4.79. The van der Waals surface area contributed by atoms with Gasteiger partial charge in [0, 0.05) is 50.4 Å². The lowest BCUT2D eigenvalue weighted by molar-refractivity contribution is 0.0937. The van der Waals surface area contributed by atoms with Crippen LogP contribution in [-0.2, 0) is 0 Å². The number of rotatable bonds is 7. The first-order chi connectivity index (χ1) is 11.9. The molecule has 0 aromatic heterocycles. The zero-order chi connectivity index (χ0) is 18.4. The van der Waals surface area contributed by atoms with Gasteiger partial charge in [-0.05, 0) is 32.0 Å². The van der Waals surface area contributed by atoms with Crippen LogP contribution in [0.5, 0.6) is 11.5 Å². The minimum Gasteiger partial charge on any atom is -0.496 e. The number of likely N-dealkylation sites (N-methyl/N-ethyl adjacent to an activating group) is 1. The van der Waals surface area contributed by atoms with E-state index in [1.807, 2.05) is 6.92 Å². The highest BCUT2D eigenvalue weighted by atomic mass is 16.5. The highest BCUT2D eigenvalue weighted by Crippen LogP contribution is 2.29. The van der Waals surface area contributed by atoms with Crippen molar-refractivity contribution in [3.8, 4) is 11.5 Å². The molecule has 1 aliphatic rings. The SMILES string of the molecule is COc1cc(C(=O)NC[C@H](C)CN2CCN(C)CC2)cc(OC)c1C. The molecule has 1 aromatic rings. The summed E-state index contributed by atoms with van der Waals surface area (Å²) in [6.45, 7) is 10.2. The summed E-state index contributed by atoms with van der Waals surface area (Å²) in [7, 11) is 5.36. The molecule has 0 radical (unpaired) electrons. The van der Waals surface area contributed by atoms with Crippen LogP contribution in [0.2, 0.25) is 0 Å². The number of nitrogens with one attached hydrogen (secondary N) is 1. The molecule has 6 heteroatoms. The summed E-state index contributed by atoms with van der Waals surface area (Å²) in [5, 5.41) is 3.03. The smallest absolute Gasteiger partial charge is 0.251 e. The number of hydrogen-bond acceptors (Lipinski definition) is 5. The monoisotopic (exact) mass is 349 g/mol. The molecule has 140 valence electrons. The van der Waals surface area contributed by atoms with E-state index >= 15 is 0 Å². The van der Waals surface area contributed by atoms with Crippen LogP contribution in [0.15, 0.2) is 12.1 Å². The van der Waals surface area contributed by atoms with Gasteiger partial charge in [-0.2, -0.15) is 0 Å². The molecule has 1 aliphatic heterocycles. The fourth-order valence-electron chi connectivity index (χ4n) is 3.12. The van der Waals surface area contributed by atoms with Crippen LogP contribution in [0.1, 0.15) is 22.8 Å². The summed E-state index contributed by atoms with van der Waals surface area (Å²) in [4.78, 5) is 17.3. The Hall–Kier alpha value is -1.79. The van der Waals surface area contributed by atoms with Crippen molar-refractivity contribution in [2.24, 2.45) is 5.92 Å². The van der Waals surface area contributed by atoms with Gasteiger partial charge in [-0.15, -0.1) is 0 Å². The molecule has 6 nitrogen and oxygen atoms in total. The fourth-order valence-corrected chi connectivity index (χ4v) is 3.12. The third-order valence-corrected chi connectivity index (χ3v) is 4.79. The zero-order valence-electron chi connectivity index (χ0n) is 16.1. The van der Waals surface area contributed by atoms with Crippen LogP contribution in [0.3, 0.4) is 0 Å². The number of carbonyl (C=O) groups excluding carboxylic acids is 1. The van der Waals surface area contributed by atoms with Crippen molar-refractivity contribution < 1.29 is 14.3 Å². The number of benzene rings is 1. The van der Waals surface area contributed by atoms with E-state index in [1.165, 1.54) is 0 Å². The number of amides is 1. The maximum atomic E-state index is 12.5. The van der Waals surface area contributed by atoms with Crippen molar-refractivity contribution in [3.63, 3.8) is 0 Å². The fraction of sp³-hybridized carbons (Fsp3) is 0.632. The van der Waals surface area contributed by atoms with E-state index in [0.29, 0.717) is 29.5 Å². The highest BCUT2D eigenvalue weighted by molar-refractivity contribution is 5.95. The van der Waals surface area contributed by atoms with Crippen molar-refractivity contribution in [3.05, 3.63) is 23.3 Å². The maximum Gasteiger partial charge on any atom is 0.251 e. The molecule has 0 spiro atoms. The van der Waals surface area contributed by atoms with Crippen molar-refractivity contribution in [1.29, 1.82) is 0 Å². The van der Waals surface area contributed by atoms with Crippen molar-refractivity contribution in [1.82, 2.24) is 15.1 Å². The second-order valence-electron chi connectivity index (χ2n) is 6.92. The lowest BCUT2D eigenvalue weighted by atomic mass is 10.1. The first kappa shape index (κ1) is 19.5. The van der Waals surface area contributed by atoms with Gasteiger partial charge in [-0.3, -0.25) is 4.79 Å². The summed E-state index contributed by atoms with van der Waals surface area (Å²) in [6, 6.07) is 3.52. The molecule has 2 rings (SSSR count). The number of carbonyl (C=O) groups is 1. The quantitative estimate of drug-likeness (QED) is 0.811. The molecule has 1 atom stereocenters. The lowest BCUT2D eigenvalue weighted by Gasteiger charge is -2.33. The Morgan fingerprint density at radius 1 is 1.16 bits per heavy atom.